The first-order valence-corrected chi connectivity index (χ1v) is 13.7. The molecule has 200 valence electrons. The molecule has 0 aromatic heterocycles. The third kappa shape index (κ3) is 6.51. The van der Waals surface area contributed by atoms with E-state index < -0.39 is 22.5 Å². The fraction of sp³-hybridized carbons (Fsp3) is 0.286. The van der Waals surface area contributed by atoms with Crippen molar-refractivity contribution >= 4 is 33.2 Å². The molecule has 0 unspecified atom stereocenters. The number of rotatable bonds is 10. The number of carbonyl (C=O) groups excluding carboxylic acids is 2. The molecule has 1 atom stereocenters. The summed E-state index contributed by atoms with van der Waals surface area (Å²) < 4.78 is 39.1. The fourth-order valence-electron chi connectivity index (χ4n) is 4.14. The molecule has 3 aromatic carbocycles. The maximum Gasteiger partial charge on any atom is 0.264 e. The van der Waals surface area contributed by atoms with Crippen LogP contribution in [-0.2, 0) is 19.6 Å². The fourth-order valence-corrected chi connectivity index (χ4v) is 5.55. The van der Waals surface area contributed by atoms with Gasteiger partial charge in [0.05, 0.1) is 35.0 Å². The number of para-hydroxylation sites is 1. The minimum Gasteiger partial charge on any atom is -0.497 e. The molecular formula is C28H31N3O6S. The number of aryl methyl sites for hydroxylation is 1. The number of nitrogens with zero attached hydrogens (tertiary/aromatic N) is 1. The number of amides is 2. The number of hydrogen-bond acceptors (Lipinski definition) is 6. The van der Waals surface area contributed by atoms with Crippen molar-refractivity contribution in [2.24, 2.45) is 0 Å². The van der Waals surface area contributed by atoms with Gasteiger partial charge in [0.15, 0.2) is 0 Å². The molecule has 2 amide bonds. The minimum absolute atomic E-state index is 0.0240. The standard InChI is InChI=1S/C28H31N3O6S/c1-20-12-14-24(15-13-20)38(34,35)31(21-7-5-8-22(17-21)36-2)19-27(32)30-26-11-4-3-10-25(26)28(33)29-18-23-9-6-16-37-23/h3-5,7-8,10-15,17,23H,6,9,16,18-19H2,1-2H3,(H,29,33)(H,30,32)/t23-/m1/s1. The Morgan fingerprint density at radius 3 is 2.53 bits per heavy atom. The number of nitrogens with one attached hydrogen (secondary N) is 2. The first kappa shape index (κ1) is 27.2. The average Bonchev–Trinajstić information content (AvgIpc) is 3.45. The van der Waals surface area contributed by atoms with Crippen molar-refractivity contribution in [1.29, 1.82) is 0 Å². The van der Waals surface area contributed by atoms with Crippen LogP contribution in [0.1, 0.15) is 28.8 Å². The summed E-state index contributed by atoms with van der Waals surface area (Å²) in [6.45, 7) is 2.40. The van der Waals surface area contributed by atoms with Crippen LogP contribution in [0.5, 0.6) is 5.75 Å². The van der Waals surface area contributed by atoms with Crippen molar-refractivity contribution in [3.63, 3.8) is 0 Å². The summed E-state index contributed by atoms with van der Waals surface area (Å²) in [6.07, 6.45) is 1.82. The van der Waals surface area contributed by atoms with Crippen LogP contribution in [0.25, 0.3) is 0 Å². The zero-order valence-corrected chi connectivity index (χ0v) is 22.2. The van der Waals surface area contributed by atoms with Gasteiger partial charge in [-0.3, -0.25) is 13.9 Å². The van der Waals surface area contributed by atoms with E-state index in [1.165, 1.54) is 19.2 Å². The largest absolute Gasteiger partial charge is 0.497 e. The van der Waals surface area contributed by atoms with Gasteiger partial charge in [-0.25, -0.2) is 8.42 Å². The number of carbonyl (C=O) groups is 2. The zero-order valence-electron chi connectivity index (χ0n) is 21.3. The Hall–Kier alpha value is -3.89. The second kappa shape index (κ2) is 12.1. The molecule has 1 fully saturated rings. The van der Waals surface area contributed by atoms with Crippen molar-refractivity contribution < 1.29 is 27.5 Å². The molecule has 2 N–H and O–H groups in total. The van der Waals surface area contributed by atoms with Crippen molar-refractivity contribution in [2.45, 2.75) is 30.8 Å². The first-order chi connectivity index (χ1) is 18.3. The highest BCUT2D eigenvalue weighted by molar-refractivity contribution is 7.92. The van der Waals surface area contributed by atoms with Gasteiger partial charge in [-0.15, -0.1) is 0 Å². The molecule has 1 saturated heterocycles. The highest BCUT2D eigenvalue weighted by Crippen LogP contribution is 2.27. The van der Waals surface area contributed by atoms with Crippen LogP contribution in [-0.4, -0.2) is 53.1 Å². The Morgan fingerprint density at radius 2 is 1.82 bits per heavy atom. The van der Waals surface area contributed by atoms with Gasteiger partial charge < -0.3 is 20.1 Å². The van der Waals surface area contributed by atoms with Crippen molar-refractivity contribution in [3.05, 3.63) is 83.9 Å². The highest BCUT2D eigenvalue weighted by Gasteiger charge is 2.28. The van der Waals surface area contributed by atoms with Gasteiger partial charge in [0.25, 0.3) is 15.9 Å². The summed E-state index contributed by atoms with van der Waals surface area (Å²) in [5, 5.41) is 5.56. The van der Waals surface area contributed by atoms with E-state index in [1.54, 1.807) is 60.7 Å². The summed E-state index contributed by atoms with van der Waals surface area (Å²) in [6, 6.07) is 19.5. The van der Waals surface area contributed by atoms with E-state index in [-0.39, 0.29) is 33.8 Å². The van der Waals surface area contributed by atoms with E-state index >= 15 is 0 Å². The molecule has 0 saturated carbocycles. The van der Waals surface area contributed by atoms with Gasteiger partial charge in [0.1, 0.15) is 12.3 Å². The van der Waals surface area contributed by atoms with Gasteiger partial charge in [0.2, 0.25) is 5.91 Å². The lowest BCUT2D eigenvalue weighted by molar-refractivity contribution is -0.114. The summed E-state index contributed by atoms with van der Waals surface area (Å²) in [7, 11) is -2.63. The number of benzene rings is 3. The van der Waals surface area contributed by atoms with Gasteiger partial charge in [-0.2, -0.15) is 0 Å². The summed E-state index contributed by atoms with van der Waals surface area (Å²) >= 11 is 0. The predicted octanol–water partition coefficient (Wildman–Crippen LogP) is 3.75. The zero-order chi connectivity index (χ0) is 27.1. The molecule has 9 nitrogen and oxygen atoms in total. The molecule has 0 spiro atoms. The van der Waals surface area contributed by atoms with Crippen LogP contribution >= 0.6 is 0 Å². The van der Waals surface area contributed by atoms with Crippen molar-refractivity contribution in [1.82, 2.24) is 5.32 Å². The molecule has 1 aliphatic rings. The Balaban J connectivity index is 1.57. The number of ether oxygens (including phenoxy) is 2. The molecule has 1 aliphatic heterocycles. The van der Waals surface area contributed by atoms with E-state index in [4.69, 9.17) is 9.47 Å². The maximum atomic E-state index is 13.6. The topological polar surface area (TPSA) is 114 Å². The number of hydrogen-bond donors (Lipinski definition) is 2. The first-order valence-electron chi connectivity index (χ1n) is 12.3. The van der Waals surface area contributed by atoms with Crippen LogP contribution in [0, 0.1) is 6.92 Å². The number of anilines is 2. The summed E-state index contributed by atoms with van der Waals surface area (Å²) in [4.78, 5) is 26.1. The van der Waals surface area contributed by atoms with Crippen molar-refractivity contribution in [3.8, 4) is 5.75 Å². The summed E-state index contributed by atoms with van der Waals surface area (Å²) in [5.74, 6) is -0.517. The Labute approximate surface area is 222 Å². The monoisotopic (exact) mass is 537 g/mol. The lowest BCUT2D eigenvalue weighted by Crippen LogP contribution is -2.38. The third-order valence-corrected chi connectivity index (χ3v) is 7.99. The van der Waals surface area contributed by atoms with E-state index in [2.05, 4.69) is 10.6 Å². The lowest BCUT2D eigenvalue weighted by atomic mass is 10.1. The molecule has 38 heavy (non-hydrogen) atoms. The molecule has 10 heteroatoms. The van der Waals surface area contributed by atoms with E-state index in [1.807, 2.05) is 6.92 Å². The van der Waals surface area contributed by atoms with Crippen LogP contribution in [0.15, 0.2) is 77.7 Å². The normalized spacial score (nSPS) is 15.1. The molecular weight excluding hydrogens is 506 g/mol. The maximum absolute atomic E-state index is 13.6. The highest BCUT2D eigenvalue weighted by atomic mass is 32.2. The Bertz CT molecular complexity index is 1390. The smallest absolute Gasteiger partial charge is 0.264 e. The van der Waals surface area contributed by atoms with Gasteiger partial charge in [0, 0.05) is 19.2 Å². The number of sulfonamides is 1. The third-order valence-electron chi connectivity index (χ3n) is 6.20. The van der Waals surface area contributed by atoms with Gasteiger partial charge >= 0.3 is 0 Å². The van der Waals surface area contributed by atoms with Crippen LogP contribution in [0.2, 0.25) is 0 Å². The van der Waals surface area contributed by atoms with Crippen LogP contribution < -0.4 is 19.7 Å². The predicted molar refractivity (Wildman–Crippen MR) is 145 cm³/mol. The molecule has 0 radical (unpaired) electrons. The van der Waals surface area contributed by atoms with E-state index in [0.717, 1.165) is 22.7 Å². The van der Waals surface area contributed by atoms with Crippen LogP contribution in [0.4, 0.5) is 11.4 Å². The van der Waals surface area contributed by atoms with Gasteiger partial charge in [-0.1, -0.05) is 35.9 Å². The second-order valence-corrected chi connectivity index (χ2v) is 10.8. The van der Waals surface area contributed by atoms with Crippen molar-refractivity contribution in [2.75, 3.05) is 36.4 Å². The molecule has 3 aromatic rings. The minimum atomic E-state index is -4.10. The van der Waals surface area contributed by atoms with E-state index in [9.17, 15) is 18.0 Å². The molecule has 4 rings (SSSR count). The van der Waals surface area contributed by atoms with Crippen LogP contribution in [0.3, 0.4) is 0 Å². The SMILES string of the molecule is COc1cccc(N(CC(=O)Nc2ccccc2C(=O)NC[C@H]2CCCO2)S(=O)(=O)c2ccc(C)cc2)c1. The van der Waals surface area contributed by atoms with Gasteiger partial charge in [-0.05, 0) is 56.2 Å². The summed E-state index contributed by atoms with van der Waals surface area (Å²) in [5.41, 5.74) is 1.72. The average molecular weight is 538 g/mol. The quantitative estimate of drug-likeness (QED) is 0.407. The Morgan fingerprint density at radius 1 is 1.05 bits per heavy atom. The van der Waals surface area contributed by atoms with E-state index in [0.29, 0.717) is 18.9 Å². The Kier molecular flexibility index (Phi) is 8.65. The molecule has 1 heterocycles. The number of methoxy groups -OCH3 is 1. The lowest BCUT2D eigenvalue weighted by Gasteiger charge is -2.25. The molecule has 0 bridgehead atoms. The molecule has 0 aliphatic carbocycles. The second-order valence-electron chi connectivity index (χ2n) is 8.97.